The molecule has 62 valence electrons. The summed E-state index contributed by atoms with van der Waals surface area (Å²) < 4.78 is 0. The minimum absolute atomic E-state index is 0.0717. The number of ketones is 1. The van der Waals surface area contributed by atoms with Gasteiger partial charge in [-0.15, -0.1) is 0 Å². The van der Waals surface area contributed by atoms with E-state index in [-0.39, 0.29) is 17.6 Å². The lowest BCUT2D eigenvalue weighted by atomic mass is 9.82. The molecule has 1 rings (SSSR count). The van der Waals surface area contributed by atoms with E-state index < -0.39 is 11.9 Å². The maximum atomic E-state index is 10.9. The van der Waals surface area contributed by atoms with Crippen molar-refractivity contribution < 1.29 is 14.7 Å². The Bertz CT molecular complexity index is 205. The van der Waals surface area contributed by atoms with Crippen LogP contribution in [0.25, 0.3) is 0 Å². The van der Waals surface area contributed by atoms with Crippen molar-refractivity contribution >= 4 is 11.8 Å². The summed E-state index contributed by atoms with van der Waals surface area (Å²) >= 11 is 0. The largest absolute Gasteiger partial charge is 0.481 e. The predicted molar refractivity (Wildman–Crippen MR) is 39.1 cm³/mol. The minimum Gasteiger partial charge on any atom is -0.481 e. The Hall–Kier alpha value is -0.860. The van der Waals surface area contributed by atoms with Gasteiger partial charge in [-0.1, -0.05) is 13.8 Å². The summed E-state index contributed by atoms with van der Waals surface area (Å²) in [4.78, 5) is 21.5. The Morgan fingerprint density at radius 2 is 2.18 bits per heavy atom. The Kier molecular flexibility index (Phi) is 1.74. The van der Waals surface area contributed by atoms with E-state index in [4.69, 9.17) is 5.11 Å². The lowest BCUT2D eigenvalue weighted by Crippen LogP contribution is -2.25. The van der Waals surface area contributed by atoms with E-state index in [1.54, 1.807) is 0 Å². The van der Waals surface area contributed by atoms with Gasteiger partial charge in [-0.05, 0) is 5.41 Å². The fraction of sp³-hybridized carbons (Fsp3) is 0.750. The van der Waals surface area contributed by atoms with Gasteiger partial charge in [0.05, 0.1) is 5.92 Å². The normalized spacial score (nSPS) is 28.9. The first-order valence-corrected chi connectivity index (χ1v) is 3.68. The van der Waals surface area contributed by atoms with Crippen LogP contribution >= 0.6 is 0 Å². The number of Topliss-reactive ketones (excluding diaryl/α,β-unsaturated/α-hetero) is 1. The molecule has 0 spiro atoms. The number of carbonyl (C=O) groups is 2. The fourth-order valence-electron chi connectivity index (χ4n) is 1.63. The Labute approximate surface area is 65.4 Å². The fourth-order valence-corrected chi connectivity index (χ4v) is 1.63. The smallest absolute Gasteiger partial charge is 0.307 e. The van der Waals surface area contributed by atoms with Crippen LogP contribution in [0.2, 0.25) is 0 Å². The number of hydrogen-bond acceptors (Lipinski definition) is 2. The van der Waals surface area contributed by atoms with E-state index in [1.165, 1.54) is 0 Å². The zero-order valence-corrected chi connectivity index (χ0v) is 6.76. The molecule has 0 amide bonds. The van der Waals surface area contributed by atoms with Crippen molar-refractivity contribution in [1.29, 1.82) is 0 Å². The maximum absolute atomic E-state index is 10.9. The molecule has 1 aliphatic carbocycles. The van der Waals surface area contributed by atoms with Gasteiger partial charge in [0.2, 0.25) is 0 Å². The highest BCUT2D eigenvalue weighted by molar-refractivity contribution is 5.88. The third-order valence-corrected chi connectivity index (χ3v) is 2.33. The number of hydrogen-bond donors (Lipinski definition) is 1. The summed E-state index contributed by atoms with van der Waals surface area (Å²) in [6.07, 6.45) is 0.617. The van der Waals surface area contributed by atoms with Crippen molar-refractivity contribution in [1.82, 2.24) is 0 Å². The molecule has 0 radical (unpaired) electrons. The second-order valence-corrected chi connectivity index (χ2v) is 3.80. The van der Waals surface area contributed by atoms with Crippen LogP contribution < -0.4 is 0 Å². The third kappa shape index (κ3) is 1.42. The monoisotopic (exact) mass is 156 g/mol. The zero-order valence-electron chi connectivity index (χ0n) is 6.76. The van der Waals surface area contributed by atoms with Gasteiger partial charge in [-0.2, -0.15) is 0 Å². The molecule has 1 fully saturated rings. The lowest BCUT2D eigenvalue weighted by Gasteiger charge is -2.21. The van der Waals surface area contributed by atoms with Crippen molar-refractivity contribution in [3.05, 3.63) is 0 Å². The Morgan fingerprint density at radius 3 is 2.36 bits per heavy atom. The molecular formula is C8H12O3. The highest BCUT2D eigenvalue weighted by Gasteiger charge is 2.43. The lowest BCUT2D eigenvalue weighted by molar-refractivity contribution is -0.145. The van der Waals surface area contributed by atoms with Crippen molar-refractivity contribution in [3.8, 4) is 0 Å². The van der Waals surface area contributed by atoms with Crippen molar-refractivity contribution in [3.63, 3.8) is 0 Å². The first-order valence-electron chi connectivity index (χ1n) is 3.68. The first-order chi connectivity index (χ1) is 4.93. The van der Waals surface area contributed by atoms with Gasteiger partial charge in [-0.3, -0.25) is 9.59 Å². The number of carboxylic acids is 1. The molecule has 0 aromatic heterocycles. The topological polar surface area (TPSA) is 54.4 Å². The van der Waals surface area contributed by atoms with Gasteiger partial charge < -0.3 is 5.11 Å². The van der Waals surface area contributed by atoms with Crippen molar-refractivity contribution in [2.75, 3.05) is 0 Å². The SMILES string of the molecule is CC1(C)CC(=O)CC1C(=O)O. The summed E-state index contributed by atoms with van der Waals surface area (Å²) in [6, 6.07) is 0. The Balaban J connectivity index is 2.82. The molecule has 0 bridgehead atoms. The average molecular weight is 156 g/mol. The van der Waals surface area contributed by atoms with Gasteiger partial charge in [0.15, 0.2) is 0 Å². The molecule has 11 heavy (non-hydrogen) atoms. The number of carboxylic acid groups (broad SMARTS) is 1. The second kappa shape index (κ2) is 2.32. The summed E-state index contributed by atoms with van der Waals surface area (Å²) in [5.41, 5.74) is -0.344. The molecule has 3 nitrogen and oxygen atoms in total. The molecule has 1 atom stereocenters. The van der Waals surface area contributed by atoms with E-state index in [9.17, 15) is 9.59 Å². The minimum atomic E-state index is -0.846. The molecule has 1 saturated carbocycles. The number of carbonyl (C=O) groups excluding carboxylic acids is 1. The molecule has 1 unspecified atom stereocenters. The van der Waals surface area contributed by atoms with E-state index in [1.807, 2.05) is 13.8 Å². The molecule has 0 heterocycles. The van der Waals surface area contributed by atoms with Crippen LogP contribution in [0.5, 0.6) is 0 Å². The highest BCUT2D eigenvalue weighted by Crippen LogP contribution is 2.40. The van der Waals surface area contributed by atoms with Gasteiger partial charge in [-0.25, -0.2) is 0 Å². The number of rotatable bonds is 1. The van der Waals surface area contributed by atoms with E-state index in [2.05, 4.69) is 0 Å². The molecule has 3 heteroatoms. The zero-order chi connectivity index (χ0) is 8.65. The highest BCUT2D eigenvalue weighted by atomic mass is 16.4. The number of aliphatic carboxylic acids is 1. The van der Waals surface area contributed by atoms with Crippen molar-refractivity contribution in [2.24, 2.45) is 11.3 Å². The van der Waals surface area contributed by atoms with Crippen LogP contribution in [0.1, 0.15) is 26.7 Å². The third-order valence-electron chi connectivity index (χ3n) is 2.33. The summed E-state index contributed by atoms with van der Waals surface area (Å²) in [5.74, 6) is -1.25. The average Bonchev–Trinajstić information content (AvgIpc) is 2.04. The van der Waals surface area contributed by atoms with Crippen LogP contribution in [0.15, 0.2) is 0 Å². The van der Waals surface area contributed by atoms with Gasteiger partial charge >= 0.3 is 5.97 Å². The second-order valence-electron chi connectivity index (χ2n) is 3.80. The van der Waals surface area contributed by atoms with E-state index in [0.717, 1.165) is 0 Å². The standard InChI is InChI=1S/C8H12O3/c1-8(2)4-5(9)3-6(8)7(10)11/h6H,3-4H2,1-2H3,(H,10,11). The molecular weight excluding hydrogens is 144 g/mol. The predicted octanol–water partition coefficient (Wildman–Crippen LogP) is 1.08. The van der Waals surface area contributed by atoms with Gasteiger partial charge in [0, 0.05) is 12.8 Å². The van der Waals surface area contributed by atoms with Gasteiger partial charge in [0.1, 0.15) is 5.78 Å². The molecule has 0 aliphatic heterocycles. The first kappa shape index (κ1) is 8.24. The molecule has 1 N–H and O–H groups in total. The van der Waals surface area contributed by atoms with Crippen LogP contribution in [0.3, 0.4) is 0 Å². The van der Waals surface area contributed by atoms with Crippen LogP contribution in [-0.4, -0.2) is 16.9 Å². The molecule has 0 aromatic rings. The summed E-state index contributed by atoms with van der Waals surface area (Å²) in [6.45, 7) is 3.66. The maximum Gasteiger partial charge on any atom is 0.307 e. The van der Waals surface area contributed by atoms with Crippen LogP contribution in [0.4, 0.5) is 0 Å². The molecule has 0 aromatic carbocycles. The summed E-state index contributed by atoms with van der Waals surface area (Å²) in [5, 5.41) is 8.71. The summed E-state index contributed by atoms with van der Waals surface area (Å²) in [7, 11) is 0. The molecule has 1 aliphatic rings. The van der Waals surface area contributed by atoms with Gasteiger partial charge in [0.25, 0.3) is 0 Å². The quantitative estimate of drug-likeness (QED) is 0.618. The van der Waals surface area contributed by atoms with Crippen LogP contribution in [-0.2, 0) is 9.59 Å². The van der Waals surface area contributed by atoms with Crippen molar-refractivity contribution in [2.45, 2.75) is 26.7 Å². The van der Waals surface area contributed by atoms with Crippen LogP contribution in [0, 0.1) is 11.3 Å². The molecule has 0 saturated heterocycles. The Morgan fingerprint density at radius 1 is 1.64 bits per heavy atom. The van der Waals surface area contributed by atoms with E-state index >= 15 is 0 Å². The van der Waals surface area contributed by atoms with E-state index in [0.29, 0.717) is 6.42 Å².